The fourth-order valence-electron chi connectivity index (χ4n) is 2.80. The van der Waals surface area contributed by atoms with Gasteiger partial charge in [0.2, 0.25) is 0 Å². The van der Waals surface area contributed by atoms with Gasteiger partial charge in [0.15, 0.2) is 6.61 Å². The van der Waals surface area contributed by atoms with E-state index in [1.807, 2.05) is 38.1 Å². The van der Waals surface area contributed by atoms with Crippen molar-refractivity contribution in [1.29, 1.82) is 0 Å². The molecule has 0 saturated carbocycles. The number of nitrogens with zero attached hydrogens (tertiary/aromatic N) is 1. The molecule has 1 aliphatic rings. The van der Waals surface area contributed by atoms with Crippen molar-refractivity contribution in [3.05, 3.63) is 64.6 Å². The zero-order chi connectivity index (χ0) is 20.8. The van der Waals surface area contributed by atoms with Crippen LogP contribution >= 0.6 is 11.8 Å². The molecule has 3 rings (SSSR count). The van der Waals surface area contributed by atoms with E-state index in [2.05, 4.69) is 5.32 Å². The average Bonchev–Trinajstić information content (AvgIpc) is 2.95. The van der Waals surface area contributed by atoms with Crippen LogP contribution in [0.2, 0.25) is 0 Å². The van der Waals surface area contributed by atoms with E-state index >= 15 is 0 Å². The van der Waals surface area contributed by atoms with Crippen LogP contribution < -0.4 is 10.1 Å². The van der Waals surface area contributed by atoms with Crippen molar-refractivity contribution in [3.8, 4) is 5.75 Å². The van der Waals surface area contributed by atoms with Gasteiger partial charge in [-0.05, 0) is 66.6 Å². The lowest BCUT2D eigenvalue weighted by Gasteiger charge is -2.09. The minimum atomic E-state index is -0.255. The van der Waals surface area contributed by atoms with Gasteiger partial charge in [0, 0.05) is 12.2 Å². The zero-order valence-corrected chi connectivity index (χ0v) is 17.1. The Morgan fingerprint density at radius 1 is 1.17 bits per heavy atom. The topological polar surface area (TPSA) is 75.7 Å². The Morgan fingerprint density at radius 3 is 2.62 bits per heavy atom. The van der Waals surface area contributed by atoms with Crippen molar-refractivity contribution in [2.24, 2.45) is 0 Å². The summed E-state index contributed by atoms with van der Waals surface area (Å²) in [6.07, 6.45) is 2.42. The zero-order valence-electron chi connectivity index (χ0n) is 16.3. The van der Waals surface area contributed by atoms with Gasteiger partial charge in [0.1, 0.15) is 5.75 Å². The molecule has 0 unspecified atom stereocenters. The molecular weight excluding hydrogens is 388 g/mol. The smallest absolute Gasteiger partial charge is 0.293 e. The van der Waals surface area contributed by atoms with Crippen molar-refractivity contribution >= 4 is 40.6 Å². The van der Waals surface area contributed by atoms with Crippen LogP contribution in [0.4, 0.5) is 10.5 Å². The number of carbonyl (C=O) groups excluding carboxylic acids is 3. The van der Waals surface area contributed by atoms with Crippen LogP contribution in [0.25, 0.3) is 6.08 Å². The summed E-state index contributed by atoms with van der Waals surface area (Å²) in [4.78, 5) is 37.9. The predicted octanol–water partition coefficient (Wildman–Crippen LogP) is 4.46. The first kappa shape index (κ1) is 20.7. The molecule has 7 heteroatoms. The summed E-state index contributed by atoms with van der Waals surface area (Å²) < 4.78 is 5.52. The second-order valence-electron chi connectivity index (χ2n) is 6.61. The van der Waals surface area contributed by atoms with E-state index < -0.39 is 0 Å². The number of carbonyl (C=O) groups is 3. The first-order chi connectivity index (χ1) is 14.0. The molecule has 0 bridgehead atoms. The molecule has 2 aromatic carbocycles. The summed E-state index contributed by atoms with van der Waals surface area (Å²) in [5.74, 6) is 0.0416. The normalized spacial score (nSPS) is 15.1. The van der Waals surface area contributed by atoms with Gasteiger partial charge >= 0.3 is 0 Å². The number of benzene rings is 2. The van der Waals surface area contributed by atoms with E-state index in [-0.39, 0.29) is 23.7 Å². The van der Waals surface area contributed by atoms with Crippen molar-refractivity contribution in [3.63, 3.8) is 0 Å². The van der Waals surface area contributed by atoms with Crippen molar-refractivity contribution in [2.75, 3.05) is 18.5 Å². The third-order valence-electron chi connectivity index (χ3n) is 4.17. The monoisotopic (exact) mass is 410 g/mol. The number of ether oxygens (including phenoxy) is 1. The summed E-state index contributed by atoms with van der Waals surface area (Å²) in [5.41, 5.74) is 2.57. The number of anilines is 1. The third-order valence-corrected chi connectivity index (χ3v) is 5.08. The Morgan fingerprint density at radius 2 is 1.93 bits per heavy atom. The van der Waals surface area contributed by atoms with Crippen LogP contribution in [-0.2, 0) is 9.59 Å². The van der Waals surface area contributed by atoms with Crippen molar-refractivity contribution in [1.82, 2.24) is 4.90 Å². The van der Waals surface area contributed by atoms with Gasteiger partial charge in [0.25, 0.3) is 17.1 Å². The molecule has 1 heterocycles. The fraction of sp³-hybridized carbons (Fsp3) is 0.227. The SMILES string of the molecule is CCCN1C(=O)S/C(=C/c2ccc(OCC(=O)Nc3cccc(C)c3)cc2)C1=O. The fourth-order valence-corrected chi connectivity index (χ4v) is 3.66. The van der Waals surface area contributed by atoms with Crippen LogP contribution in [0, 0.1) is 6.92 Å². The molecule has 150 valence electrons. The van der Waals surface area contributed by atoms with Gasteiger partial charge < -0.3 is 10.1 Å². The Labute approximate surface area is 173 Å². The highest BCUT2D eigenvalue weighted by atomic mass is 32.2. The minimum absolute atomic E-state index is 0.108. The van der Waals surface area contributed by atoms with Crippen LogP contribution in [0.5, 0.6) is 5.75 Å². The number of aryl methyl sites for hydroxylation is 1. The summed E-state index contributed by atoms with van der Waals surface area (Å²) in [6, 6.07) is 14.5. The highest BCUT2D eigenvalue weighted by Gasteiger charge is 2.34. The minimum Gasteiger partial charge on any atom is -0.484 e. The molecule has 2 aromatic rings. The number of hydrogen-bond acceptors (Lipinski definition) is 5. The van der Waals surface area contributed by atoms with Gasteiger partial charge in [-0.25, -0.2) is 0 Å². The van der Waals surface area contributed by atoms with E-state index in [4.69, 9.17) is 4.74 Å². The number of thioether (sulfide) groups is 1. The van der Waals surface area contributed by atoms with E-state index in [1.165, 1.54) is 4.90 Å². The summed E-state index contributed by atoms with van der Waals surface area (Å²) >= 11 is 0.951. The molecule has 0 aromatic heterocycles. The second kappa shape index (κ2) is 9.43. The maximum Gasteiger partial charge on any atom is 0.293 e. The molecule has 0 aliphatic carbocycles. The lowest BCUT2D eigenvalue weighted by Crippen LogP contribution is -2.28. The standard InChI is InChI=1S/C22H22N2O4S/c1-3-11-24-21(26)19(29-22(24)27)13-16-7-9-18(10-8-16)28-14-20(25)23-17-6-4-5-15(2)12-17/h4-10,12-13H,3,11,14H2,1-2H3,(H,23,25)/b19-13+. The van der Waals surface area contributed by atoms with E-state index in [0.29, 0.717) is 17.2 Å². The molecule has 29 heavy (non-hydrogen) atoms. The number of amides is 3. The summed E-state index contributed by atoms with van der Waals surface area (Å²) in [7, 11) is 0. The van der Waals surface area contributed by atoms with Crippen molar-refractivity contribution in [2.45, 2.75) is 20.3 Å². The third kappa shape index (κ3) is 5.48. The maximum atomic E-state index is 12.3. The quantitative estimate of drug-likeness (QED) is 0.682. The summed E-state index contributed by atoms with van der Waals surface area (Å²) in [5, 5.41) is 2.55. The molecule has 1 saturated heterocycles. The first-order valence-corrected chi connectivity index (χ1v) is 10.1. The first-order valence-electron chi connectivity index (χ1n) is 9.31. The highest BCUT2D eigenvalue weighted by Crippen LogP contribution is 2.32. The Hall–Kier alpha value is -3.06. The van der Waals surface area contributed by atoms with Crippen LogP contribution in [0.3, 0.4) is 0 Å². The van der Waals surface area contributed by atoms with E-state index in [0.717, 1.165) is 35.0 Å². The lowest BCUT2D eigenvalue weighted by atomic mass is 10.2. The molecule has 0 spiro atoms. The van der Waals surface area contributed by atoms with Gasteiger partial charge in [-0.3, -0.25) is 19.3 Å². The number of imide groups is 1. The molecular formula is C22H22N2O4S. The number of rotatable bonds is 7. The number of nitrogens with one attached hydrogen (secondary N) is 1. The van der Waals surface area contributed by atoms with Gasteiger partial charge in [-0.1, -0.05) is 31.2 Å². The van der Waals surface area contributed by atoms with Gasteiger partial charge in [-0.2, -0.15) is 0 Å². The van der Waals surface area contributed by atoms with Gasteiger partial charge in [0.05, 0.1) is 4.91 Å². The van der Waals surface area contributed by atoms with Crippen molar-refractivity contribution < 1.29 is 19.1 Å². The molecule has 1 fully saturated rings. The molecule has 6 nitrogen and oxygen atoms in total. The second-order valence-corrected chi connectivity index (χ2v) is 7.60. The Kier molecular flexibility index (Phi) is 6.72. The Bertz CT molecular complexity index is 954. The van der Waals surface area contributed by atoms with Crippen LogP contribution in [0.15, 0.2) is 53.4 Å². The molecule has 0 atom stereocenters. The highest BCUT2D eigenvalue weighted by molar-refractivity contribution is 8.18. The largest absolute Gasteiger partial charge is 0.484 e. The molecule has 3 amide bonds. The predicted molar refractivity (Wildman–Crippen MR) is 115 cm³/mol. The van der Waals surface area contributed by atoms with Crippen LogP contribution in [0.1, 0.15) is 24.5 Å². The summed E-state index contributed by atoms with van der Waals surface area (Å²) in [6.45, 7) is 4.20. The lowest BCUT2D eigenvalue weighted by molar-refractivity contribution is -0.122. The molecule has 1 aliphatic heterocycles. The molecule has 0 radical (unpaired) electrons. The number of hydrogen-bond donors (Lipinski definition) is 1. The van der Waals surface area contributed by atoms with Gasteiger partial charge in [-0.15, -0.1) is 0 Å². The van der Waals surface area contributed by atoms with E-state index in [1.54, 1.807) is 30.3 Å². The maximum absolute atomic E-state index is 12.3. The Balaban J connectivity index is 1.56. The van der Waals surface area contributed by atoms with Crippen LogP contribution in [-0.4, -0.2) is 35.1 Å². The average molecular weight is 410 g/mol. The molecule has 1 N–H and O–H groups in total. The van der Waals surface area contributed by atoms with E-state index in [9.17, 15) is 14.4 Å².